The quantitative estimate of drug-likeness (QED) is 0.333. The number of methoxy groups -OCH3 is 1. The van der Waals surface area contributed by atoms with Crippen LogP contribution in [0.2, 0.25) is 0 Å². The molecule has 14 nitrogen and oxygen atoms in total. The summed E-state index contributed by atoms with van der Waals surface area (Å²) in [7, 11) is 1.24. The normalized spacial score (nSPS) is 17.1. The summed E-state index contributed by atoms with van der Waals surface area (Å²) < 4.78 is 38.0. The van der Waals surface area contributed by atoms with Crippen LogP contribution in [0, 0.1) is 0 Å². The molecule has 0 radical (unpaired) electrons. The van der Waals surface area contributed by atoms with E-state index in [-0.39, 0.29) is 47.3 Å². The molecule has 1 saturated heterocycles. The van der Waals surface area contributed by atoms with Crippen molar-refractivity contribution >= 4 is 12.1 Å². The average molecular weight is 527 g/mol. The van der Waals surface area contributed by atoms with Crippen molar-refractivity contribution in [1.82, 2.24) is 24.8 Å². The van der Waals surface area contributed by atoms with E-state index >= 15 is 0 Å². The van der Waals surface area contributed by atoms with Gasteiger partial charge in [-0.25, -0.2) is 29.5 Å². The van der Waals surface area contributed by atoms with E-state index < -0.39 is 29.4 Å². The summed E-state index contributed by atoms with van der Waals surface area (Å²) in [5.74, 6) is -0.0698. The van der Waals surface area contributed by atoms with Gasteiger partial charge in [-0.1, -0.05) is 0 Å². The van der Waals surface area contributed by atoms with E-state index in [1.807, 2.05) is 0 Å². The van der Waals surface area contributed by atoms with Gasteiger partial charge in [-0.05, 0) is 34.6 Å². The molecule has 5 heterocycles. The van der Waals surface area contributed by atoms with Crippen molar-refractivity contribution < 1.29 is 41.5 Å². The first-order valence-corrected chi connectivity index (χ1v) is 11.5. The van der Waals surface area contributed by atoms with E-state index in [0.29, 0.717) is 5.69 Å². The lowest BCUT2D eigenvalue weighted by Gasteiger charge is -2.34. The lowest BCUT2D eigenvalue weighted by Crippen LogP contribution is -2.47. The molecule has 1 unspecified atom stereocenters. The molecule has 1 fully saturated rings. The number of nitrogens with zero attached hydrogens (tertiary/aromatic N) is 5. The van der Waals surface area contributed by atoms with Gasteiger partial charge in [0, 0.05) is 0 Å². The number of aromatic nitrogens is 4. The molecule has 200 valence electrons. The van der Waals surface area contributed by atoms with E-state index in [4.69, 9.17) is 27.1 Å². The minimum atomic E-state index is -0.930. The topological polar surface area (TPSA) is 169 Å². The molecule has 5 rings (SSSR count). The highest BCUT2D eigenvalue weighted by molar-refractivity contribution is 5.87. The molecule has 4 aromatic rings. The average Bonchev–Trinajstić information content (AvgIpc) is 3.65. The summed E-state index contributed by atoms with van der Waals surface area (Å²) in [5.41, 5.74) is -0.805. The molecule has 1 aliphatic heterocycles. The van der Waals surface area contributed by atoms with E-state index in [9.17, 15) is 9.59 Å². The van der Waals surface area contributed by atoms with Crippen molar-refractivity contribution in [2.24, 2.45) is 0 Å². The highest BCUT2D eigenvalue weighted by atomic mass is 16.6. The summed E-state index contributed by atoms with van der Waals surface area (Å²) in [5, 5.41) is 0. The van der Waals surface area contributed by atoms with Crippen molar-refractivity contribution in [3.63, 3.8) is 0 Å². The first-order chi connectivity index (χ1) is 17.9. The number of carbonyl (C=O) groups excluding carboxylic acids is 2. The largest absolute Gasteiger partial charge is 0.464 e. The standard InChI is InChI=1S/C24H25N5O9/c1-23(2,3)38-22(31)29-16(11-37-24(29,4)5)20-27-14(9-36-20)18-25-12(7-34-18)17-26-13(8-33-17)19-28-15(10-35-19)21(30)32-6/h7-10,16H,11H2,1-6H3. The van der Waals surface area contributed by atoms with Crippen LogP contribution in [0.3, 0.4) is 0 Å². The molecule has 0 aromatic carbocycles. The third kappa shape index (κ3) is 4.77. The van der Waals surface area contributed by atoms with Crippen LogP contribution in [0.4, 0.5) is 4.79 Å². The van der Waals surface area contributed by atoms with Crippen LogP contribution >= 0.6 is 0 Å². The monoisotopic (exact) mass is 527 g/mol. The molecule has 38 heavy (non-hydrogen) atoms. The maximum absolute atomic E-state index is 12.9. The number of hydrogen-bond acceptors (Lipinski definition) is 13. The maximum Gasteiger partial charge on any atom is 0.413 e. The van der Waals surface area contributed by atoms with Crippen molar-refractivity contribution in [3.05, 3.63) is 36.6 Å². The van der Waals surface area contributed by atoms with Gasteiger partial charge in [-0.2, -0.15) is 0 Å². The minimum absolute atomic E-state index is 0.00102. The highest BCUT2D eigenvalue weighted by Gasteiger charge is 2.48. The molecule has 14 heteroatoms. The van der Waals surface area contributed by atoms with Crippen molar-refractivity contribution in [1.29, 1.82) is 0 Å². The summed E-state index contributed by atoms with van der Waals surface area (Å²) in [4.78, 5) is 43.1. The van der Waals surface area contributed by atoms with Gasteiger partial charge in [0.25, 0.3) is 0 Å². The van der Waals surface area contributed by atoms with Gasteiger partial charge in [0.1, 0.15) is 42.4 Å². The Morgan fingerprint density at radius 1 is 0.895 bits per heavy atom. The molecule has 0 bridgehead atoms. The fourth-order valence-corrected chi connectivity index (χ4v) is 3.75. The lowest BCUT2D eigenvalue weighted by atomic mass is 10.2. The molecule has 1 atom stereocenters. The Bertz CT molecular complexity index is 1470. The van der Waals surface area contributed by atoms with Gasteiger partial charge in [-0.15, -0.1) is 0 Å². The van der Waals surface area contributed by atoms with Gasteiger partial charge in [0.05, 0.1) is 13.7 Å². The Kier molecular flexibility index (Phi) is 6.06. The van der Waals surface area contributed by atoms with E-state index in [1.165, 1.54) is 30.8 Å². The van der Waals surface area contributed by atoms with Crippen LogP contribution in [-0.2, 0) is 14.2 Å². The second-order valence-electron chi connectivity index (χ2n) is 9.80. The number of hydrogen-bond donors (Lipinski definition) is 0. The lowest BCUT2D eigenvalue weighted by molar-refractivity contribution is -0.0634. The van der Waals surface area contributed by atoms with Gasteiger partial charge >= 0.3 is 12.1 Å². The molecular weight excluding hydrogens is 502 g/mol. The number of amides is 1. The van der Waals surface area contributed by atoms with Gasteiger partial charge in [0.2, 0.25) is 23.6 Å². The number of carbonyl (C=O) groups is 2. The molecule has 0 saturated carbocycles. The van der Waals surface area contributed by atoms with E-state index in [2.05, 4.69) is 24.7 Å². The van der Waals surface area contributed by atoms with Crippen LogP contribution in [0.1, 0.15) is 57.0 Å². The summed E-state index contributed by atoms with van der Waals surface area (Å²) in [6, 6.07) is -0.618. The zero-order valence-corrected chi connectivity index (χ0v) is 21.5. The van der Waals surface area contributed by atoms with Crippen LogP contribution in [0.5, 0.6) is 0 Å². The Balaban J connectivity index is 1.34. The predicted molar refractivity (Wildman–Crippen MR) is 125 cm³/mol. The van der Waals surface area contributed by atoms with E-state index in [1.54, 1.807) is 34.6 Å². The molecule has 1 aliphatic rings. The smallest absolute Gasteiger partial charge is 0.413 e. The maximum atomic E-state index is 12.9. The Labute approximate surface area is 215 Å². The number of esters is 1. The summed E-state index contributed by atoms with van der Waals surface area (Å²) in [6.45, 7) is 9.06. The fraction of sp³-hybridized carbons (Fsp3) is 0.417. The second-order valence-corrected chi connectivity index (χ2v) is 9.80. The highest BCUT2D eigenvalue weighted by Crippen LogP contribution is 2.38. The zero-order valence-electron chi connectivity index (χ0n) is 21.5. The third-order valence-electron chi connectivity index (χ3n) is 5.45. The number of oxazole rings is 4. The zero-order chi connectivity index (χ0) is 27.2. The Hall–Kier alpha value is -4.46. The molecule has 0 aliphatic carbocycles. The van der Waals surface area contributed by atoms with Crippen molar-refractivity contribution in [3.8, 4) is 34.8 Å². The van der Waals surface area contributed by atoms with Crippen LogP contribution < -0.4 is 0 Å². The molecule has 0 N–H and O–H groups in total. The summed E-state index contributed by atoms with van der Waals surface area (Å²) >= 11 is 0. The van der Waals surface area contributed by atoms with Crippen molar-refractivity contribution in [2.45, 2.75) is 52.0 Å². The Morgan fingerprint density at radius 2 is 1.45 bits per heavy atom. The molecular formula is C24H25N5O9. The van der Waals surface area contributed by atoms with Crippen LogP contribution in [0.15, 0.2) is 42.7 Å². The van der Waals surface area contributed by atoms with Crippen LogP contribution in [0.25, 0.3) is 34.8 Å². The third-order valence-corrected chi connectivity index (χ3v) is 5.45. The molecule has 4 aromatic heterocycles. The van der Waals surface area contributed by atoms with Crippen molar-refractivity contribution in [2.75, 3.05) is 13.7 Å². The SMILES string of the molecule is COC(=O)c1coc(-c2coc(-c3coc(-c4coc(C5COC(C)(C)N5C(=O)OC(C)(C)C)n4)n3)n2)n1. The van der Waals surface area contributed by atoms with E-state index in [0.717, 1.165) is 6.26 Å². The van der Waals surface area contributed by atoms with Gasteiger partial charge in [0.15, 0.2) is 22.8 Å². The molecule has 0 spiro atoms. The number of rotatable bonds is 5. The fourth-order valence-electron chi connectivity index (χ4n) is 3.75. The first-order valence-electron chi connectivity index (χ1n) is 11.5. The predicted octanol–water partition coefficient (Wildman–Crippen LogP) is 4.47. The van der Waals surface area contributed by atoms with Crippen LogP contribution in [-0.4, -0.2) is 61.9 Å². The second kappa shape index (κ2) is 9.13. The van der Waals surface area contributed by atoms with Gasteiger partial charge in [-0.3, -0.25) is 4.90 Å². The van der Waals surface area contributed by atoms with Gasteiger partial charge < -0.3 is 31.9 Å². The molecule has 1 amide bonds. The first kappa shape index (κ1) is 25.2. The summed E-state index contributed by atoms with van der Waals surface area (Å²) in [6.07, 6.45) is 4.62. The Morgan fingerprint density at radius 3 is 2.05 bits per heavy atom. The number of ether oxygens (including phenoxy) is 3. The minimum Gasteiger partial charge on any atom is -0.464 e.